The van der Waals surface area contributed by atoms with Crippen LogP contribution in [0, 0.1) is 5.92 Å². The van der Waals surface area contributed by atoms with Crippen LogP contribution in [0.4, 0.5) is 11.5 Å². The summed E-state index contributed by atoms with van der Waals surface area (Å²) in [7, 11) is 0. The van der Waals surface area contributed by atoms with E-state index in [1.807, 2.05) is 36.4 Å². The fraction of sp³-hybridized carbons (Fsp3) is 0.280. The molecule has 1 aliphatic heterocycles. The molecule has 0 spiro atoms. The Morgan fingerprint density at radius 1 is 1.06 bits per heavy atom. The molecule has 2 aromatic carbocycles. The average Bonchev–Trinajstić information content (AvgIpc) is 3.69. The van der Waals surface area contributed by atoms with Crippen molar-refractivity contribution in [2.45, 2.75) is 12.8 Å². The maximum atomic E-state index is 12.4. The Kier molecular flexibility index (Phi) is 5.72. The molecule has 2 aliphatic rings. The molecule has 0 radical (unpaired) electrons. The summed E-state index contributed by atoms with van der Waals surface area (Å²) in [5, 5.41) is 4.47. The fourth-order valence-corrected chi connectivity index (χ4v) is 4.46. The minimum atomic E-state index is -0.0534. The lowest BCUT2D eigenvalue weighted by molar-refractivity contribution is -0.126. The van der Waals surface area contributed by atoms with Gasteiger partial charge in [0.2, 0.25) is 11.8 Å². The number of fused-ring (bicyclic) bond motifs is 1. The van der Waals surface area contributed by atoms with Crippen molar-refractivity contribution in [2.75, 3.05) is 36.4 Å². The van der Waals surface area contributed by atoms with Gasteiger partial charge in [0, 0.05) is 59.3 Å². The number of aromatic nitrogens is 2. The molecule has 7 nitrogen and oxygen atoms in total. The predicted octanol–water partition coefficient (Wildman–Crippen LogP) is 4.13. The van der Waals surface area contributed by atoms with Crippen molar-refractivity contribution < 1.29 is 9.59 Å². The number of rotatable bonds is 5. The zero-order chi connectivity index (χ0) is 22.9. The minimum absolute atomic E-state index is 0.0534. The van der Waals surface area contributed by atoms with Crippen molar-refractivity contribution in [3.05, 3.63) is 60.4 Å². The van der Waals surface area contributed by atoms with Crippen molar-refractivity contribution in [3.8, 4) is 11.1 Å². The molecule has 2 heterocycles. The molecule has 1 aromatic heterocycles. The molecule has 1 saturated heterocycles. The molecule has 5 rings (SSSR count). The van der Waals surface area contributed by atoms with Crippen LogP contribution in [0.5, 0.6) is 0 Å². The van der Waals surface area contributed by atoms with E-state index in [-0.39, 0.29) is 17.7 Å². The maximum absolute atomic E-state index is 12.4. The Balaban J connectivity index is 1.47. The average molecular weight is 462 g/mol. The van der Waals surface area contributed by atoms with Crippen molar-refractivity contribution in [1.29, 1.82) is 0 Å². The third-order valence-electron chi connectivity index (χ3n) is 6.19. The van der Waals surface area contributed by atoms with Gasteiger partial charge in [-0.1, -0.05) is 36.4 Å². The number of carbonyl (C=O) groups is 2. The summed E-state index contributed by atoms with van der Waals surface area (Å²) in [6, 6.07) is 11.5. The standard InChI is InChI=1S/C25H24ClN5O2/c1-2-23(32)30-9-11-31(12-10-30)24-19-13-20(26)18(14-22(19)27-15-28-24)17-5-3-4-6-21(17)29-25(33)16-7-8-16/h2-6,13-16H,1,7-12H2,(H,29,33). The van der Waals surface area contributed by atoms with Crippen LogP contribution in [0.1, 0.15) is 12.8 Å². The number of nitrogens with one attached hydrogen (secondary N) is 1. The Hall–Kier alpha value is -3.45. The number of piperazine rings is 1. The first-order valence-corrected chi connectivity index (χ1v) is 11.4. The summed E-state index contributed by atoms with van der Waals surface area (Å²) in [4.78, 5) is 37.2. The van der Waals surface area contributed by atoms with E-state index >= 15 is 0 Å². The van der Waals surface area contributed by atoms with E-state index in [1.54, 1.807) is 11.2 Å². The number of amides is 2. The molecular weight excluding hydrogens is 438 g/mol. The number of hydrogen-bond donors (Lipinski definition) is 1. The summed E-state index contributed by atoms with van der Waals surface area (Å²) >= 11 is 6.76. The molecular formula is C25H24ClN5O2. The van der Waals surface area contributed by atoms with Gasteiger partial charge in [-0.25, -0.2) is 9.97 Å². The van der Waals surface area contributed by atoms with Gasteiger partial charge in [-0.3, -0.25) is 9.59 Å². The van der Waals surface area contributed by atoms with E-state index in [0.717, 1.165) is 46.4 Å². The lowest BCUT2D eigenvalue weighted by Gasteiger charge is -2.35. The highest BCUT2D eigenvalue weighted by molar-refractivity contribution is 6.34. The number of carbonyl (C=O) groups excluding carboxylic acids is 2. The number of para-hydroxylation sites is 1. The van der Waals surface area contributed by atoms with Gasteiger partial charge in [-0.2, -0.15) is 0 Å². The zero-order valence-corrected chi connectivity index (χ0v) is 18.9. The largest absolute Gasteiger partial charge is 0.352 e. The van der Waals surface area contributed by atoms with Gasteiger partial charge in [0.15, 0.2) is 0 Å². The number of nitrogens with zero attached hydrogens (tertiary/aromatic N) is 4. The van der Waals surface area contributed by atoms with Crippen molar-refractivity contribution in [1.82, 2.24) is 14.9 Å². The van der Waals surface area contributed by atoms with Crippen LogP contribution in [0.3, 0.4) is 0 Å². The van der Waals surface area contributed by atoms with E-state index in [4.69, 9.17) is 11.6 Å². The third-order valence-corrected chi connectivity index (χ3v) is 6.50. The van der Waals surface area contributed by atoms with Crippen LogP contribution in [-0.2, 0) is 9.59 Å². The van der Waals surface area contributed by atoms with E-state index in [1.165, 1.54) is 6.08 Å². The minimum Gasteiger partial charge on any atom is -0.352 e. The normalized spacial score (nSPS) is 16.0. The first-order valence-electron chi connectivity index (χ1n) is 11.1. The van der Waals surface area contributed by atoms with E-state index in [0.29, 0.717) is 31.2 Å². The molecule has 168 valence electrons. The lowest BCUT2D eigenvalue weighted by Crippen LogP contribution is -2.48. The molecule has 1 aliphatic carbocycles. The highest BCUT2D eigenvalue weighted by Gasteiger charge is 2.30. The van der Waals surface area contributed by atoms with Gasteiger partial charge in [0.1, 0.15) is 12.1 Å². The molecule has 3 aromatic rings. The second kappa shape index (κ2) is 8.83. The van der Waals surface area contributed by atoms with Gasteiger partial charge < -0.3 is 15.1 Å². The Morgan fingerprint density at radius 3 is 2.55 bits per heavy atom. The lowest BCUT2D eigenvalue weighted by atomic mass is 10.0. The quantitative estimate of drug-likeness (QED) is 0.578. The highest BCUT2D eigenvalue weighted by atomic mass is 35.5. The summed E-state index contributed by atoms with van der Waals surface area (Å²) in [5.74, 6) is 0.914. The van der Waals surface area contributed by atoms with Crippen LogP contribution in [-0.4, -0.2) is 52.9 Å². The van der Waals surface area contributed by atoms with Crippen molar-refractivity contribution in [3.63, 3.8) is 0 Å². The summed E-state index contributed by atoms with van der Waals surface area (Å²) in [6.45, 7) is 6.12. The second-order valence-electron chi connectivity index (χ2n) is 8.37. The fourth-order valence-electron chi connectivity index (χ4n) is 4.20. The molecule has 0 bridgehead atoms. The molecule has 33 heavy (non-hydrogen) atoms. The molecule has 1 N–H and O–H groups in total. The topological polar surface area (TPSA) is 78.4 Å². The SMILES string of the molecule is C=CC(=O)N1CCN(c2ncnc3cc(-c4ccccc4NC(=O)C4CC4)c(Cl)cc23)CC1. The molecule has 1 saturated carbocycles. The van der Waals surface area contributed by atoms with Crippen LogP contribution in [0.15, 0.2) is 55.4 Å². The van der Waals surface area contributed by atoms with Crippen LogP contribution in [0.25, 0.3) is 22.0 Å². The van der Waals surface area contributed by atoms with Gasteiger partial charge in [-0.05, 0) is 37.1 Å². The van der Waals surface area contributed by atoms with E-state index < -0.39 is 0 Å². The monoisotopic (exact) mass is 461 g/mol. The number of hydrogen-bond acceptors (Lipinski definition) is 5. The Morgan fingerprint density at radius 2 is 1.82 bits per heavy atom. The second-order valence-corrected chi connectivity index (χ2v) is 8.78. The van der Waals surface area contributed by atoms with Crippen molar-refractivity contribution >= 4 is 45.8 Å². The first-order chi connectivity index (χ1) is 16.0. The molecule has 0 unspecified atom stereocenters. The Bertz CT molecular complexity index is 1250. The van der Waals surface area contributed by atoms with Crippen LogP contribution in [0.2, 0.25) is 5.02 Å². The van der Waals surface area contributed by atoms with Gasteiger partial charge in [0.05, 0.1) is 5.52 Å². The third kappa shape index (κ3) is 4.28. The summed E-state index contributed by atoms with van der Waals surface area (Å²) in [5.41, 5.74) is 3.18. The highest BCUT2D eigenvalue weighted by Crippen LogP contribution is 2.39. The summed E-state index contributed by atoms with van der Waals surface area (Å²) in [6.07, 6.45) is 4.79. The van der Waals surface area contributed by atoms with Gasteiger partial charge >= 0.3 is 0 Å². The molecule has 8 heteroatoms. The first kappa shape index (κ1) is 21.4. The molecule has 2 fully saturated rings. The van der Waals surface area contributed by atoms with Gasteiger partial charge in [0.25, 0.3) is 0 Å². The van der Waals surface area contributed by atoms with Gasteiger partial charge in [-0.15, -0.1) is 0 Å². The predicted molar refractivity (Wildman–Crippen MR) is 130 cm³/mol. The summed E-state index contributed by atoms with van der Waals surface area (Å²) < 4.78 is 0. The number of benzene rings is 2. The number of halogens is 1. The van der Waals surface area contributed by atoms with E-state index in [9.17, 15) is 9.59 Å². The Labute approximate surface area is 197 Å². The smallest absolute Gasteiger partial charge is 0.246 e. The molecule has 0 atom stereocenters. The van der Waals surface area contributed by atoms with Crippen LogP contribution < -0.4 is 10.2 Å². The number of anilines is 2. The zero-order valence-electron chi connectivity index (χ0n) is 18.1. The maximum Gasteiger partial charge on any atom is 0.246 e. The van der Waals surface area contributed by atoms with Crippen molar-refractivity contribution in [2.24, 2.45) is 5.92 Å². The van der Waals surface area contributed by atoms with Crippen LogP contribution >= 0.6 is 11.6 Å². The van der Waals surface area contributed by atoms with E-state index in [2.05, 4.69) is 26.8 Å². The molecule has 2 amide bonds.